The number of aryl methyl sites for hydroxylation is 1. The maximum Gasteiger partial charge on any atom is 0.417 e. The summed E-state index contributed by atoms with van der Waals surface area (Å²) in [7, 11) is 0. The number of halogens is 5. The second kappa shape index (κ2) is 9.27. The third-order valence-corrected chi connectivity index (χ3v) is 5.36. The van der Waals surface area contributed by atoms with Gasteiger partial charge in [0.1, 0.15) is 5.82 Å². The summed E-state index contributed by atoms with van der Waals surface area (Å²) in [6.07, 6.45) is -3.70. The van der Waals surface area contributed by atoms with Crippen molar-refractivity contribution >= 4 is 23.3 Å². The van der Waals surface area contributed by atoms with Crippen LogP contribution in [0.1, 0.15) is 42.1 Å². The first-order chi connectivity index (χ1) is 14.6. The average Bonchev–Trinajstić information content (AvgIpc) is 2.69. The number of urea groups is 1. The first-order valence-corrected chi connectivity index (χ1v) is 9.96. The number of carbonyl (C=O) groups is 1. The van der Waals surface area contributed by atoms with Crippen LogP contribution in [0.15, 0.2) is 29.1 Å². The van der Waals surface area contributed by atoms with E-state index in [1.54, 1.807) is 0 Å². The Kier molecular flexibility index (Phi) is 6.90. The van der Waals surface area contributed by atoms with Gasteiger partial charge in [0.25, 0.3) is 0 Å². The molecule has 0 radical (unpaired) electrons. The average molecular weight is 462 g/mol. The number of nitrogens with one attached hydrogen (secondary N) is 2. The van der Waals surface area contributed by atoms with Crippen molar-refractivity contribution in [1.82, 2.24) is 9.88 Å². The summed E-state index contributed by atoms with van der Waals surface area (Å²) in [4.78, 5) is 28.4. The summed E-state index contributed by atoms with van der Waals surface area (Å²) < 4.78 is 54.5. The monoisotopic (exact) mass is 461 g/mol. The van der Waals surface area contributed by atoms with Crippen LogP contribution in [0.2, 0.25) is 5.02 Å². The highest BCUT2D eigenvalue weighted by Crippen LogP contribution is 2.41. The zero-order valence-electron chi connectivity index (χ0n) is 16.2. The van der Waals surface area contributed by atoms with Crippen LogP contribution in [-0.4, -0.2) is 34.2 Å². The zero-order chi connectivity index (χ0) is 22.8. The van der Waals surface area contributed by atoms with E-state index in [0.29, 0.717) is 12.5 Å². The molecule has 1 aliphatic rings. The molecule has 1 aliphatic carbocycles. The number of anilines is 1. The van der Waals surface area contributed by atoms with Crippen molar-refractivity contribution in [3.8, 4) is 0 Å². The second-order valence-electron chi connectivity index (χ2n) is 7.17. The van der Waals surface area contributed by atoms with Gasteiger partial charge in [-0.15, -0.1) is 0 Å². The molecule has 11 heteroatoms. The molecule has 1 aromatic heterocycles. The lowest BCUT2D eigenvalue weighted by atomic mass is 9.86. The van der Waals surface area contributed by atoms with Gasteiger partial charge >= 0.3 is 12.2 Å². The number of hydrogen-bond donors (Lipinski definition) is 3. The Bertz CT molecular complexity index is 1030. The Hall–Kier alpha value is -2.59. The van der Waals surface area contributed by atoms with Crippen molar-refractivity contribution in [2.24, 2.45) is 0 Å². The van der Waals surface area contributed by atoms with Gasteiger partial charge in [-0.3, -0.25) is 4.79 Å². The molecule has 168 valence electrons. The summed E-state index contributed by atoms with van der Waals surface area (Å²) in [6, 6.07) is 2.31. The van der Waals surface area contributed by atoms with Crippen LogP contribution in [0.3, 0.4) is 0 Å². The van der Waals surface area contributed by atoms with Crippen molar-refractivity contribution in [2.45, 2.75) is 37.9 Å². The molecule has 0 saturated carbocycles. The number of pyridine rings is 1. The Morgan fingerprint density at radius 2 is 2.06 bits per heavy atom. The quantitative estimate of drug-likeness (QED) is 0.574. The number of aromatic amines is 1. The number of carbonyl (C=O) groups excluding carboxylic acids is 1. The van der Waals surface area contributed by atoms with E-state index >= 15 is 0 Å². The largest absolute Gasteiger partial charge is 0.417 e. The summed E-state index contributed by atoms with van der Waals surface area (Å²) in [5.41, 5.74) is -1.79. The normalized spacial score (nSPS) is 16.0. The number of aliphatic hydroxyl groups excluding tert-OH is 1. The Morgan fingerprint density at radius 3 is 2.71 bits per heavy atom. The van der Waals surface area contributed by atoms with E-state index in [1.165, 1.54) is 17.0 Å². The van der Waals surface area contributed by atoms with E-state index in [0.717, 1.165) is 6.07 Å². The number of aromatic nitrogens is 1. The van der Waals surface area contributed by atoms with Crippen LogP contribution in [0.4, 0.5) is 28.0 Å². The number of alkyl halides is 3. The molecular weight excluding hydrogens is 442 g/mol. The molecule has 0 bridgehead atoms. The van der Waals surface area contributed by atoms with Crippen molar-refractivity contribution in [3.05, 3.63) is 62.3 Å². The molecule has 0 saturated heterocycles. The second-order valence-corrected chi connectivity index (χ2v) is 7.58. The molecule has 2 aromatic rings. The summed E-state index contributed by atoms with van der Waals surface area (Å²) in [5.74, 6) is -0.684. The van der Waals surface area contributed by atoms with Gasteiger partial charge in [0.15, 0.2) is 0 Å². The van der Waals surface area contributed by atoms with Gasteiger partial charge in [-0.25, -0.2) is 9.18 Å². The number of H-pyrrole nitrogens is 1. The zero-order valence-corrected chi connectivity index (χ0v) is 17.0. The number of hydrogen-bond acceptors (Lipinski definition) is 3. The fraction of sp³-hybridized carbons (Fsp3) is 0.400. The Balaban J connectivity index is 2.01. The smallest absolute Gasteiger partial charge is 0.396 e. The summed E-state index contributed by atoms with van der Waals surface area (Å²) in [5, 5.41) is 11.5. The van der Waals surface area contributed by atoms with Crippen LogP contribution in [0.25, 0.3) is 0 Å². The lowest BCUT2D eigenvalue weighted by molar-refractivity contribution is -0.139. The summed E-state index contributed by atoms with van der Waals surface area (Å²) >= 11 is 5.73. The van der Waals surface area contributed by atoms with E-state index in [9.17, 15) is 32.3 Å². The molecular formula is C20H20ClF4N3O3. The maximum atomic E-state index is 13.7. The van der Waals surface area contributed by atoms with Crippen LogP contribution < -0.4 is 10.9 Å². The minimum Gasteiger partial charge on any atom is -0.396 e. The third-order valence-electron chi connectivity index (χ3n) is 5.07. The van der Waals surface area contributed by atoms with Gasteiger partial charge in [0.2, 0.25) is 5.56 Å². The topological polar surface area (TPSA) is 85.4 Å². The fourth-order valence-corrected chi connectivity index (χ4v) is 3.95. The number of rotatable bonds is 5. The Morgan fingerprint density at radius 1 is 1.32 bits per heavy atom. The van der Waals surface area contributed by atoms with Crippen molar-refractivity contribution < 1.29 is 27.5 Å². The third kappa shape index (κ3) is 5.19. The summed E-state index contributed by atoms with van der Waals surface area (Å²) in [6.45, 7) is -0.304. The molecule has 1 heterocycles. The van der Waals surface area contributed by atoms with E-state index in [1.807, 2.05) is 0 Å². The number of amides is 2. The SMILES string of the molecule is O=C(Nc1ccc(F)c(Cl)c1)N(CCCO)C1CCCc2[nH]c(=O)cc(C(F)(F)F)c21. The fourth-order valence-electron chi connectivity index (χ4n) is 3.77. The highest BCUT2D eigenvalue weighted by atomic mass is 35.5. The van der Waals surface area contributed by atoms with Crippen LogP contribution in [0.5, 0.6) is 0 Å². The molecule has 1 atom stereocenters. The van der Waals surface area contributed by atoms with Gasteiger partial charge in [0, 0.05) is 36.2 Å². The molecule has 3 N–H and O–H groups in total. The number of aliphatic hydroxyl groups is 1. The first kappa shape index (κ1) is 23.1. The predicted molar refractivity (Wildman–Crippen MR) is 107 cm³/mol. The van der Waals surface area contributed by atoms with Crippen molar-refractivity contribution in [2.75, 3.05) is 18.5 Å². The molecule has 31 heavy (non-hydrogen) atoms. The number of fused-ring (bicyclic) bond motifs is 1. The van der Waals surface area contributed by atoms with Crippen LogP contribution in [0, 0.1) is 5.82 Å². The number of benzene rings is 1. The Labute approximate surface area is 179 Å². The highest BCUT2D eigenvalue weighted by Gasteiger charge is 2.41. The minimum atomic E-state index is -4.78. The van der Waals surface area contributed by atoms with E-state index in [-0.39, 0.29) is 54.4 Å². The maximum absolute atomic E-state index is 13.7. The predicted octanol–water partition coefficient (Wildman–Crippen LogP) is 4.48. The molecule has 6 nitrogen and oxygen atoms in total. The number of nitrogens with zero attached hydrogens (tertiary/aromatic N) is 1. The minimum absolute atomic E-state index is 0.0300. The lowest BCUT2D eigenvalue weighted by Crippen LogP contribution is -2.42. The molecule has 0 spiro atoms. The highest BCUT2D eigenvalue weighted by molar-refractivity contribution is 6.31. The van der Waals surface area contributed by atoms with Gasteiger partial charge in [-0.05, 0) is 43.9 Å². The molecule has 0 fully saturated rings. The van der Waals surface area contributed by atoms with Gasteiger partial charge in [-0.1, -0.05) is 11.6 Å². The first-order valence-electron chi connectivity index (χ1n) is 9.58. The van der Waals surface area contributed by atoms with Crippen molar-refractivity contribution in [1.29, 1.82) is 0 Å². The van der Waals surface area contributed by atoms with Gasteiger partial charge < -0.3 is 20.3 Å². The molecule has 1 unspecified atom stereocenters. The van der Waals surface area contributed by atoms with Crippen molar-refractivity contribution in [3.63, 3.8) is 0 Å². The van der Waals surface area contributed by atoms with Gasteiger partial charge in [0.05, 0.1) is 16.6 Å². The lowest BCUT2D eigenvalue weighted by Gasteiger charge is -2.37. The van der Waals surface area contributed by atoms with E-state index < -0.39 is 35.2 Å². The van der Waals surface area contributed by atoms with E-state index in [4.69, 9.17) is 11.6 Å². The standard InChI is InChI=1S/C20H20ClF4N3O3/c21-13-9-11(5-6-14(13)22)26-19(31)28(7-2-8-29)16-4-1-3-15-18(16)12(20(23,24)25)10-17(30)27-15/h5-6,9-10,16,29H,1-4,7-8H2,(H,26,31)(H,27,30). The molecule has 3 rings (SSSR count). The van der Waals surface area contributed by atoms with Gasteiger partial charge in [-0.2, -0.15) is 13.2 Å². The molecule has 0 aliphatic heterocycles. The van der Waals surface area contributed by atoms with E-state index in [2.05, 4.69) is 10.3 Å². The molecule has 2 amide bonds. The van der Waals surface area contributed by atoms with Crippen LogP contribution in [-0.2, 0) is 12.6 Å². The molecule has 1 aromatic carbocycles. The van der Waals surface area contributed by atoms with Crippen LogP contribution >= 0.6 is 11.6 Å².